The minimum atomic E-state index is -0.863. The molecule has 1 aliphatic carbocycles. The summed E-state index contributed by atoms with van der Waals surface area (Å²) in [6.07, 6.45) is 5.90. The summed E-state index contributed by atoms with van der Waals surface area (Å²) in [5.74, 6) is 6.73. The van der Waals surface area contributed by atoms with E-state index in [0.717, 1.165) is 43.4 Å². The first-order valence-corrected chi connectivity index (χ1v) is 12.8. The summed E-state index contributed by atoms with van der Waals surface area (Å²) in [5.41, 5.74) is 9.81. The van der Waals surface area contributed by atoms with Crippen LogP contribution in [0, 0.1) is 11.3 Å². The highest BCUT2D eigenvalue weighted by atomic mass is 16.5. The maximum absolute atomic E-state index is 10.9. The number of hydrogen-bond donors (Lipinski definition) is 4. The standard InChI is InChI=1S/C28H32N8O2/c29-15-19-5-3-6-20(13-19)24-14-25(35-27(34-24)33-22-9-12-38-18-22)23(30)17-36(31)16-21-7-4-8-26(32-21)28(37)10-1-2-11-28/h3-8,13-14,17,22,37H,1-2,9-12,16,18,30-31H2,(H,33,34,35)/b23-17-. The largest absolute Gasteiger partial charge is 0.396 e. The Kier molecular flexibility index (Phi) is 7.51. The van der Waals surface area contributed by atoms with Crippen molar-refractivity contribution in [3.63, 3.8) is 0 Å². The molecule has 0 spiro atoms. The van der Waals surface area contributed by atoms with Gasteiger partial charge in [0.05, 0.1) is 59.3 Å². The molecule has 0 bridgehead atoms. The molecule has 5 rings (SSSR count). The molecule has 1 aromatic carbocycles. The van der Waals surface area contributed by atoms with Gasteiger partial charge in [0.25, 0.3) is 0 Å². The molecule has 2 aliphatic rings. The van der Waals surface area contributed by atoms with E-state index < -0.39 is 5.60 Å². The second-order valence-corrected chi connectivity index (χ2v) is 9.87. The van der Waals surface area contributed by atoms with Crippen LogP contribution in [0.3, 0.4) is 0 Å². The van der Waals surface area contributed by atoms with Crippen LogP contribution in [-0.2, 0) is 16.9 Å². The molecule has 6 N–H and O–H groups in total. The molecule has 0 amide bonds. The van der Waals surface area contributed by atoms with E-state index in [1.165, 1.54) is 5.01 Å². The Balaban J connectivity index is 1.40. The van der Waals surface area contributed by atoms with Crippen molar-refractivity contribution >= 4 is 11.6 Å². The first kappa shape index (κ1) is 25.6. The molecule has 1 unspecified atom stereocenters. The van der Waals surface area contributed by atoms with Crippen molar-refractivity contribution in [3.8, 4) is 17.3 Å². The van der Waals surface area contributed by atoms with E-state index in [1.54, 1.807) is 24.4 Å². The third kappa shape index (κ3) is 5.92. The van der Waals surface area contributed by atoms with Crippen molar-refractivity contribution in [3.05, 3.63) is 77.4 Å². The van der Waals surface area contributed by atoms with Gasteiger partial charge in [-0.05, 0) is 49.6 Å². The lowest BCUT2D eigenvalue weighted by Gasteiger charge is -2.22. The summed E-state index contributed by atoms with van der Waals surface area (Å²) in [6, 6.07) is 16.9. The number of hydrazine groups is 1. The molecular formula is C28H32N8O2. The number of anilines is 1. The number of aliphatic hydroxyl groups is 1. The average molecular weight is 513 g/mol. The zero-order valence-corrected chi connectivity index (χ0v) is 21.2. The number of benzene rings is 1. The zero-order valence-electron chi connectivity index (χ0n) is 21.2. The predicted octanol–water partition coefficient (Wildman–Crippen LogP) is 3.01. The maximum atomic E-state index is 10.9. The second-order valence-electron chi connectivity index (χ2n) is 9.87. The third-order valence-corrected chi connectivity index (χ3v) is 6.94. The van der Waals surface area contributed by atoms with Crippen molar-refractivity contribution in [2.75, 3.05) is 18.5 Å². The van der Waals surface area contributed by atoms with Crippen LogP contribution in [0.15, 0.2) is 54.7 Å². The SMILES string of the molecule is N#Cc1cccc(-c2cc(/C(N)=C/N(N)Cc3cccc(C4(O)CCCC4)n3)nc(NC3CCOC3)n2)c1. The van der Waals surface area contributed by atoms with Crippen LogP contribution in [-0.4, -0.2) is 44.3 Å². The molecule has 3 heterocycles. The van der Waals surface area contributed by atoms with Gasteiger partial charge in [0.15, 0.2) is 0 Å². The Morgan fingerprint density at radius 2 is 2.00 bits per heavy atom. The highest BCUT2D eigenvalue weighted by molar-refractivity contribution is 5.69. The van der Waals surface area contributed by atoms with Gasteiger partial charge in [-0.2, -0.15) is 5.26 Å². The highest BCUT2D eigenvalue weighted by Gasteiger charge is 2.34. The van der Waals surface area contributed by atoms with Crippen LogP contribution in [0.4, 0.5) is 5.95 Å². The Morgan fingerprint density at radius 1 is 1.18 bits per heavy atom. The molecule has 1 saturated carbocycles. The van der Waals surface area contributed by atoms with Crippen LogP contribution < -0.4 is 16.9 Å². The Bertz CT molecular complexity index is 1360. The Morgan fingerprint density at radius 3 is 2.76 bits per heavy atom. The van der Waals surface area contributed by atoms with E-state index in [9.17, 15) is 10.4 Å². The van der Waals surface area contributed by atoms with Crippen molar-refractivity contribution < 1.29 is 9.84 Å². The van der Waals surface area contributed by atoms with Crippen molar-refractivity contribution in [1.82, 2.24) is 20.0 Å². The van der Waals surface area contributed by atoms with Gasteiger partial charge in [0, 0.05) is 18.4 Å². The lowest BCUT2D eigenvalue weighted by Crippen LogP contribution is -2.28. The van der Waals surface area contributed by atoms with Gasteiger partial charge in [-0.25, -0.2) is 15.8 Å². The molecule has 38 heavy (non-hydrogen) atoms. The minimum absolute atomic E-state index is 0.104. The summed E-state index contributed by atoms with van der Waals surface area (Å²) in [7, 11) is 0. The van der Waals surface area contributed by atoms with Gasteiger partial charge < -0.3 is 25.9 Å². The summed E-state index contributed by atoms with van der Waals surface area (Å²) >= 11 is 0. The minimum Gasteiger partial charge on any atom is -0.396 e. The van der Waals surface area contributed by atoms with E-state index in [1.807, 2.05) is 30.3 Å². The molecule has 2 aromatic heterocycles. The molecular weight excluding hydrogens is 480 g/mol. The fraction of sp³-hybridized carbons (Fsp3) is 0.357. The van der Waals surface area contributed by atoms with E-state index >= 15 is 0 Å². The smallest absolute Gasteiger partial charge is 0.224 e. The summed E-state index contributed by atoms with van der Waals surface area (Å²) in [4.78, 5) is 14.0. The molecule has 1 aliphatic heterocycles. The first-order valence-electron chi connectivity index (χ1n) is 12.8. The Labute approximate surface area is 222 Å². The molecule has 196 valence electrons. The number of nitrogens with two attached hydrogens (primary N) is 2. The first-order chi connectivity index (χ1) is 18.4. The van der Waals surface area contributed by atoms with Crippen molar-refractivity contribution in [1.29, 1.82) is 5.26 Å². The number of hydrogen-bond acceptors (Lipinski definition) is 10. The number of nitrogens with one attached hydrogen (secondary N) is 1. The van der Waals surface area contributed by atoms with Crippen LogP contribution >= 0.6 is 0 Å². The van der Waals surface area contributed by atoms with Crippen LogP contribution in [0.2, 0.25) is 0 Å². The van der Waals surface area contributed by atoms with E-state index in [2.05, 4.69) is 26.3 Å². The molecule has 1 atom stereocenters. The van der Waals surface area contributed by atoms with Crippen LogP contribution in [0.5, 0.6) is 0 Å². The molecule has 10 nitrogen and oxygen atoms in total. The zero-order chi connectivity index (χ0) is 26.5. The summed E-state index contributed by atoms with van der Waals surface area (Å²) in [6.45, 7) is 1.57. The fourth-order valence-corrected chi connectivity index (χ4v) is 4.91. The monoisotopic (exact) mass is 512 g/mol. The van der Waals surface area contributed by atoms with E-state index in [-0.39, 0.29) is 6.04 Å². The molecule has 1 saturated heterocycles. The Hall–Kier alpha value is -4.04. The lowest BCUT2D eigenvalue weighted by molar-refractivity contribution is 0.0396. The van der Waals surface area contributed by atoms with Gasteiger partial charge in [-0.1, -0.05) is 31.0 Å². The van der Waals surface area contributed by atoms with E-state index in [4.69, 9.17) is 16.3 Å². The van der Waals surface area contributed by atoms with Gasteiger partial charge in [0.1, 0.15) is 5.60 Å². The predicted molar refractivity (Wildman–Crippen MR) is 144 cm³/mol. The molecule has 2 fully saturated rings. The van der Waals surface area contributed by atoms with Gasteiger partial charge in [0.2, 0.25) is 5.95 Å². The van der Waals surface area contributed by atoms with Gasteiger partial charge in [-0.15, -0.1) is 0 Å². The van der Waals surface area contributed by atoms with E-state index in [0.29, 0.717) is 54.0 Å². The number of ether oxygens (including phenoxy) is 1. The van der Waals surface area contributed by atoms with Crippen molar-refractivity contribution in [2.24, 2.45) is 11.6 Å². The van der Waals surface area contributed by atoms with Crippen LogP contribution in [0.1, 0.15) is 54.7 Å². The molecule has 0 radical (unpaired) electrons. The summed E-state index contributed by atoms with van der Waals surface area (Å²) < 4.78 is 5.47. The average Bonchev–Trinajstić information content (AvgIpc) is 3.61. The quantitative estimate of drug-likeness (QED) is 0.261. The number of nitrogens with zero attached hydrogens (tertiary/aromatic N) is 5. The third-order valence-electron chi connectivity index (χ3n) is 6.94. The molecule has 3 aromatic rings. The van der Waals surface area contributed by atoms with Gasteiger partial charge in [-0.3, -0.25) is 4.98 Å². The lowest BCUT2D eigenvalue weighted by atomic mass is 9.97. The fourth-order valence-electron chi connectivity index (χ4n) is 4.91. The highest BCUT2D eigenvalue weighted by Crippen LogP contribution is 2.37. The maximum Gasteiger partial charge on any atom is 0.224 e. The second kappa shape index (κ2) is 11.1. The normalized spacial score (nSPS) is 18.8. The topological polar surface area (TPSA) is 159 Å². The number of nitriles is 1. The molecule has 10 heteroatoms. The number of pyridine rings is 1. The number of rotatable bonds is 8. The van der Waals surface area contributed by atoms with Crippen molar-refractivity contribution in [2.45, 2.75) is 50.3 Å². The van der Waals surface area contributed by atoms with Gasteiger partial charge >= 0.3 is 0 Å². The number of aromatic nitrogens is 3. The summed E-state index contributed by atoms with van der Waals surface area (Å²) in [5, 5.41) is 25.0. The van der Waals surface area contributed by atoms with Crippen LogP contribution in [0.25, 0.3) is 17.0 Å².